The van der Waals surface area contributed by atoms with Crippen LogP contribution in [0.5, 0.6) is 0 Å². The third-order valence-electron chi connectivity index (χ3n) is 4.73. The third-order valence-corrected chi connectivity index (χ3v) is 4.73. The van der Waals surface area contributed by atoms with E-state index in [0.29, 0.717) is 24.3 Å². The molecule has 0 bridgehead atoms. The van der Waals surface area contributed by atoms with Crippen molar-refractivity contribution in [3.05, 3.63) is 41.5 Å². The normalized spacial score (nSPS) is 13.5. The zero-order valence-electron chi connectivity index (χ0n) is 16.1. The van der Waals surface area contributed by atoms with Gasteiger partial charge in [0.15, 0.2) is 0 Å². The molecule has 1 aromatic rings. The van der Waals surface area contributed by atoms with E-state index in [0.717, 1.165) is 19.3 Å². The van der Waals surface area contributed by atoms with Crippen LogP contribution in [0.25, 0.3) is 0 Å². The lowest BCUT2D eigenvalue weighted by atomic mass is 9.97. The van der Waals surface area contributed by atoms with Crippen molar-refractivity contribution in [2.75, 3.05) is 25.5 Å². The van der Waals surface area contributed by atoms with Crippen LogP contribution in [-0.4, -0.2) is 42.9 Å². The van der Waals surface area contributed by atoms with Gasteiger partial charge in [-0.05, 0) is 56.4 Å². The molecule has 1 aliphatic rings. The summed E-state index contributed by atoms with van der Waals surface area (Å²) in [5, 5.41) is 2.79. The van der Waals surface area contributed by atoms with Gasteiger partial charge in [0.05, 0.1) is 12.7 Å². The maximum atomic E-state index is 12.2. The van der Waals surface area contributed by atoms with Crippen LogP contribution in [0.2, 0.25) is 0 Å². The number of ether oxygens (including phenoxy) is 1. The Morgan fingerprint density at radius 3 is 2.44 bits per heavy atom. The second-order valence-corrected chi connectivity index (χ2v) is 6.73. The Bertz CT molecular complexity index is 695. The molecular formula is C21H28N2O4. The zero-order valence-corrected chi connectivity index (χ0v) is 16.1. The Hall–Kier alpha value is -2.63. The summed E-state index contributed by atoms with van der Waals surface area (Å²) < 4.78 is 4.64. The number of carbonyl (C=O) groups excluding carboxylic acids is 3. The zero-order chi connectivity index (χ0) is 19.6. The number of allylic oxidation sites excluding steroid dienone is 1. The molecule has 27 heavy (non-hydrogen) atoms. The Balaban J connectivity index is 1.80. The molecule has 0 aromatic heterocycles. The highest BCUT2D eigenvalue weighted by molar-refractivity contribution is 5.93. The molecule has 0 atom stereocenters. The molecule has 146 valence electrons. The predicted octanol–water partition coefficient (Wildman–Crippen LogP) is 3.54. The van der Waals surface area contributed by atoms with Crippen LogP contribution in [-0.2, 0) is 14.3 Å². The van der Waals surface area contributed by atoms with E-state index in [9.17, 15) is 14.4 Å². The van der Waals surface area contributed by atoms with E-state index < -0.39 is 5.97 Å². The molecule has 1 aromatic carbocycles. The number of nitrogens with one attached hydrogen (secondary N) is 1. The fourth-order valence-corrected chi connectivity index (χ4v) is 3.10. The molecule has 2 amide bonds. The topological polar surface area (TPSA) is 75.7 Å². The standard InChI is InChI=1S/C21H28N2O4/c1-16(24)23(14-12-17-6-4-3-5-7-17)15-13-20(25)22-19-10-8-18(9-11-19)21(26)27-2/h6,8-11H,3-5,7,12-15H2,1-2H3,(H,22,25). The number of rotatable bonds is 8. The van der Waals surface area contributed by atoms with Gasteiger partial charge in [-0.2, -0.15) is 0 Å². The second-order valence-electron chi connectivity index (χ2n) is 6.73. The number of hydrogen-bond donors (Lipinski definition) is 1. The largest absolute Gasteiger partial charge is 0.465 e. The molecule has 0 spiro atoms. The highest BCUT2D eigenvalue weighted by atomic mass is 16.5. The quantitative estimate of drug-likeness (QED) is 0.559. The van der Waals surface area contributed by atoms with Crippen LogP contribution < -0.4 is 5.32 Å². The van der Waals surface area contributed by atoms with Crippen LogP contribution in [0.3, 0.4) is 0 Å². The highest BCUT2D eigenvalue weighted by Crippen LogP contribution is 2.20. The summed E-state index contributed by atoms with van der Waals surface area (Å²) in [6.07, 6.45) is 8.13. The summed E-state index contributed by atoms with van der Waals surface area (Å²) >= 11 is 0. The van der Waals surface area contributed by atoms with Crippen molar-refractivity contribution in [1.82, 2.24) is 4.90 Å². The van der Waals surface area contributed by atoms with Crippen molar-refractivity contribution in [3.8, 4) is 0 Å². The van der Waals surface area contributed by atoms with Crippen molar-refractivity contribution in [1.29, 1.82) is 0 Å². The minimum absolute atomic E-state index is 0.0124. The van der Waals surface area contributed by atoms with E-state index in [1.165, 1.54) is 25.5 Å². The number of anilines is 1. The van der Waals surface area contributed by atoms with E-state index >= 15 is 0 Å². The molecule has 0 radical (unpaired) electrons. The summed E-state index contributed by atoms with van der Waals surface area (Å²) in [4.78, 5) is 37.2. The molecule has 0 saturated heterocycles. The third kappa shape index (κ3) is 6.89. The fraction of sp³-hybridized carbons (Fsp3) is 0.476. The molecule has 0 aliphatic heterocycles. The van der Waals surface area contributed by atoms with Crippen molar-refractivity contribution in [2.24, 2.45) is 0 Å². The number of nitrogens with zero attached hydrogens (tertiary/aromatic N) is 1. The van der Waals surface area contributed by atoms with Gasteiger partial charge >= 0.3 is 5.97 Å². The van der Waals surface area contributed by atoms with E-state index in [-0.39, 0.29) is 18.2 Å². The van der Waals surface area contributed by atoms with E-state index in [1.807, 2.05) is 0 Å². The summed E-state index contributed by atoms with van der Waals surface area (Å²) in [6.45, 7) is 2.59. The molecule has 0 unspecified atom stereocenters. The van der Waals surface area contributed by atoms with Crippen LogP contribution in [0.15, 0.2) is 35.9 Å². The first-order chi connectivity index (χ1) is 13.0. The first kappa shape index (κ1) is 20.7. The van der Waals surface area contributed by atoms with Crippen LogP contribution in [0.4, 0.5) is 5.69 Å². The van der Waals surface area contributed by atoms with Gasteiger partial charge in [0, 0.05) is 32.1 Å². The molecule has 1 N–H and O–H groups in total. The minimum atomic E-state index is -0.418. The summed E-state index contributed by atoms with van der Waals surface area (Å²) in [6, 6.07) is 6.51. The van der Waals surface area contributed by atoms with E-state index in [4.69, 9.17) is 0 Å². The molecular weight excluding hydrogens is 344 g/mol. The fourth-order valence-electron chi connectivity index (χ4n) is 3.10. The van der Waals surface area contributed by atoms with Crippen LogP contribution in [0.1, 0.15) is 55.8 Å². The molecule has 0 saturated carbocycles. The average Bonchev–Trinajstić information content (AvgIpc) is 2.68. The van der Waals surface area contributed by atoms with Crippen LogP contribution in [0, 0.1) is 0 Å². The van der Waals surface area contributed by atoms with Gasteiger partial charge in [-0.3, -0.25) is 9.59 Å². The number of esters is 1. The van der Waals surface area contributed by atoms with Gasteiger partial charge in [-0.25, -0.2) is 4.79 Å². The number of hydrogen-bond acceptors (Lipinski definition) is 4. The van der Waals surface area contributed by atoms with Crippen molar-refractivity contribution < 1.29 is 19.1 Å². The Kier molecular flexibility index (Phi) is 8.04. The summed E-state index contributed by atoms with van der Waals surface area (Å²) in [5.41, 5.74) is 2.45. The maximum Gasteiger partial charge on any atom is 0.337 e. The number of methoxy groups -OCH3 is 1. The predicted molar refractivity (Wildman–Crippen MR) is 104 cm³/mol. The lowest BCUT2D eigenvalue weighted by Crippen LogP contribution is -2.33. The molecule has 6 heteroatoms. The highest BCUT2D eigenvalue weighted by Gasteiger charge is 2.13. The Morgan fingerprint density at radius 2 is 1.85 bits per heavy atom. The van der Waals surface area contributed by atoms with Crippen molar-refractivity contribution in [2.45, 2.75) is 45.4 Å². The van der Waals surface area contributed by atoms with Crippen LogP contribution >= 0.6 is 0 Å². The summed E-state index contributed by atoms with van der Waals surface area (Å²) in [5.74, 6) is -0.594. The lowest BCUT2D eigenvalue weighted by molar-refractivity contribution is -0.129. The average molecular weight is 372 g/mol. The molecule has 6 nitrogen and oxygen atoms in total. The van der Waals surface area contributed by atoms with Gasteiger partial charge in [0.2, 0.25) is 11.8 Å². The first-order valence-electron chi connectivity index (χ1n) is 9.41. The second kappa shape index (κ2) is 10.5. The van der Waals surface area contributed by atoms with Gasteiger partial charge in [0.1, 0.15) is 0 Å². The SMILES string of the molecule is COC(=O)c1ccc(NC(=O)CCN(CCC2=CCCCC2)C(C)=O)cc1. The van der Waals surface area contributed by atoms with E-state index in [1.54, 1.807) is 36.1 Å². The Morgan fingerprint density at radius 1 is 1.11 bits per heavy atom. The Labute approximate surface area is 160 Å². The molecule has 1 aliphatic carbocycles. The van der Waals surface area contributed by atoms with Gasteiger partial charge in [-0.15, -0.1) is 0 Å². The molecule has 0 heterocycles. The smallest absolute Gasteiger partial charge is 0.337 e. The van der Waals surface area contributed by atoms with Gasteiger partial charge in [-0.1, -0.05) is 11.6 Å². The number of amides is 2. The van der Waals surface area contributed by atoms with Crippen molar-refractivity contribution in [3.63, 3.8) is 0 Å². The van der Waals surface area contributed by atoms with Crippen molar-refractivity contribution >= 4 is 23.5 Å². The number of carbonyl (C=O) groups is 3. The van der Waals surface area contributed by atoms with E-state index in [2.05, 4.69) is 16.1 Å². The molecule has 2 rings (SSSR count). The minimum Gasteiger partial charge on any atom is -0.465 e. The number of benzene rings is 1. The van der Waals surface area contributed by atoms with Gasteiger partial charge in [0.25, 0.3) is 0 Å². The lowest BCUT2D eigenvalue weighted by Gasteiger charge is -2.22. The monoisotopic (exact) mass is 372 g/mol. The molecule has 0 fully saturated rings. The first-order valence-corrected chi connectivity index (χ1v) is 9.41. The maximum absolute atomic E-state index is 12.2. The van der Waals surface area contributed by atoms with Gasteiger partial charge < -0.3 is 15.0 Å². The summed E-state index contributed by atoms with van der Waals surface area (Å²) in [7, 11) is 1.32.